The Labute approximate surface area is 256 Å². The summed E-state index contributed by atoms with van der Waals surface area (Å²) in [6, 6.07) is 7.33. The Kier molecular flexibility index (Phi) is 11.2. The molecule has 11 atom stereocenters. The molecular weight excluding hydrogens is 604 g/mol. The molecule has 0 aliphatic carbocycles. The minimum atomic E-state index is -1.84. The molecule has 0 aromatic heterocycles. The van der Waals surface area contributed by atoms with Crippen LogP contribution in [0.25, 0.3) is 6.08 Å². The van der Waals surface area contributed by atoms with E-state index in [0.29, 0.717) is 5.56 Å². The van der Waals surface area contributed by atoms with Crippen LogP contribution in [0.2, 0.25) is 0 Å². The number of ether oxygens (including phenoxy) is 5. The van der Waals surface area contributed by atoms with Crippen molar-refractivity contribution in [3.8, 4) is 23.0 Å². The summed E-state index contributed by atoms with van der Waals surface area (Å²) in [5.74, 6) is -2.73. The lowest BCUT2D eigenvalue weighted by molar-refractivity contribution is -0.330. The Bertz CT molecular complexity index is 1340. The van der Waals surface area contributed by atoms with E-state index in [0.717, 1.165) is 18.2 Å². The fourth-order valence-electron chi connectivity index (χ4n) is 4.68. The Morgan fingerprint density at radius 3 is 2.09 bits per heavy atom. The highest BCUT2D eigenvalue weighted by Gasteiger charge is 2.49. The van der Waals surface area contributed by atoms with Gasteiger partial charge < -0.3 is 74.7 Å². The molecule has 2 saturated heterocycles. The van der Waals surface area contributed by atoms with E-state index in [1.54, 1.807) is 0 Å². The van der Waals surface area contributed by atoms with Gasteiger partial charge in [0.25, 0.3) is 0 Å². The smallest absolute Gasteiger partial charge is 0.331 e. The van der Waals surface area contributed by atoms with Crippen LogP contribution in [0, 0.1) is 0 Å². The van der Waals surface area contributed by atoms with Crippen molar-refractivity contribution < 1.29 is 79.5 Å². The summed E-state index contributed by atoms with van der Waals surface area (Å²) in [6.45, 7) is 0.342. The standard InChI is InChI=1S/C29H36O16/c1-12-22(36)23(37)25(39)28(43-12)42-11-20-27(45-21(35)7-3-13-2-5-15(30)17(32)8-13)24(38)26(40)29(44-20)41-10-19(34)14-4-6-16(31)18(33)9-14/h2-9,12,19-20,22-34,36-40H,10-11H2,1H3/b7-3+/t12-,19+,20+,22-,23+,24+,25+,26+,27+,28+,29+/m0/s1. The zero-order valence-electron chi connectivity index (χ0n) is 23.8. The van der Waals surface area contributed by atoms with Gasteiger partial charge in [-0.15, -0.1) is 0 Å². The summed E-state index contributed by atoms with van der Waals surface area (Å²) >= 11 is 0. The van der Waals surface area contributed by atoms with E-state index in [-0.39, 0.29) is 11.3 Å². The van der Waals surface area contributed by atoms with Gasteiger partial charge in [-0.05, 0) is 48.4 Å². The number of phenolic OH excluding ortho intramolecular Hbond substituents is 4. The fraction of sp³-hybridized carbons (Fsp3) is 0.483. The third-order valence-corrected chi connectivity index (χ3v) is 7.34. The molecule has 2 fully saturated rings. The number of carbonyl (C=O) groups is 1. The first kappa shape index (κ1) is 34.3. The minimum Gasteiger partial charge on any atom is -0.504 e. The molecule has 2 aliphatic rings. The molecule has 16 heteroatoms. The number of aromatic hydroxyl groups is 4. The van der Waals surface area contributed by atoms with Crippen LogP contribution in [0.5, 0.6) is 23.0 Å². The number of aliphatic hydroxyl groups excluding tert-OH is 6. The predicted molar refractivity (Wildman–Crippen MR) is 148 cm³/mol. The molecule has 2 aromatic rings. The zero-order chi connectivity index (χ0) is 33.0. The summed E-state index contributed by atoms with van der Waals surface area (Å²) in [5, 5.41) is 101. The second-order valence-corrected chi connectivity index (χ2v) is 10.6. The van der Waals surface area contributed by atoms with Crippen LogP contribution in [0.3, 0.4) is 0 Å². The summed E-state index contributed by atoms with van der Waals surface area (Å²) in [4.78, 5) is 12.7. The van der Waals surface area contributed by atoms with Crippen molar-refractivity contribution in [1.82, 2.24) is 0 Å². The minimum absolute atomic E-state index is 0.148. The summed E-state index contributed by atoms with van der Waals surface area (Å²) in [5.41, 5.74) is 0.463. The van der Waals surface area contributed by atoms with E-state index < -0.39 is 104 Å². The van der Waals surface area contributed by atoms with Gasteiger partial charge in [0, 0.05) is 6.08 Å². The number of benzene rings is 2. The molecule has 45 heavy (non-hydrogen) atoms. The molecule has 0 spiro atoms. The Balaban J connectivity index is 1.48. The van der Waals surface area contributed by atoms with Crippen molar-refractivity contribution in [1.29, 1.82) is 0 Å². The molecule has 248 valence electrons. The number of hydrogen-bond donors (Lipinski definition) is 10. The highest BCUT2D eigenvalue weighted by atomic mass is 16.7. The number of hydrogen-bond acceptors (Lipinski definition) is 16. The van der Waals surface area contributed by atoms with Gasteiger partial charge in [0.15, 0.2) is 41.7 Å². The van der Waals surface area contributed by atoms with Gasteiger partial charge in [-0.2, -0.15) is 0 Å². The second-order valence-electron chi connectivity index (χ2n) is 10.6. The highest BCUT2D eigenvalue weighted by Crippen LogP contribution is 2.31. The van der Waals surface area contributed by atoms with E-state index in [1.807, 2.05) is 0 Å². The molecule has 0 unspecified atom stereocenters. The fourth-order valence-corrected chi connectivity index (χ4v) is 4.68. The summed E-state index contributed by atoms with van der Waals surface area (Å²) < 4.78 is 27.5. The van der Waals surface area contributed by atoms with E-state index in [1.165, 1.54) is 37.3 Å². The molecule has 0 bridgehead atoms. The van der Waals surface area contributed by atoms with Gasteiger partial charge in [0.05, 0.1) is 19.3 Å². The molecule has 0 saturated carbocycles. The van der Waals surface area contributed by atoms with Crippen molar-refractivity contribution in [2.45, 2.75) is 74.4 Å². The number of aliphatic hydroxyl groups is 6. The molecule has 16 nitrogen and oxygen atoms in total. The normalized spacial score (nSPS) is 32.8. The third kappa shape index (κ3) is 8.19. The second kappa shape index (κ2) is 14.7. The van der Waals surface area contributed by atoms with Crippen LogP contribution >= 0.6 is 0 Å². The van der Waals surface area contributed by atoms with Gasteiger partial charge in [-0.25, -0.2) is 4.79 Å². The van der Waals surface area contributed by atoms with E-state index in [2.05, 4.69) is 0 Å². The van der Waals surface area contributed by atoms with Gasteiger partial charge >= 0.3 is 5.97 Å². The van der Waals surface area contributed by atoms with Crippen molar-refractivity contribution >= 4 is 12.0 Å². The Morgan fingerprint density at radius 1 is 0.800 bits per heavy atom. The Morgan fingerprint density at radius 2 is 1.42 bits per heavy atom. The maximum atomic E-state index is 12.7. The first-order valence-electron chi connectivity index (χ1n) is 13.8. The van der Waals surface area contributed by atoms with Crippen molar-refractivity contribution in [3.63, 3.8) is 0 Å². The van der Waals surface area contributed by atoms with Crippen LogP contribution < -0.4 is 0 Å². The van der Waals surface area contributed by atoms with E-state index in [9.17, 15) is 55.9 Å². The van der Waals surface area contributed by atoms with Crippen molar-refractivity contribution in [2.24, 2.45) is 0 Å². The molecule has 0 amide bonds. The van der Waals surface area contributed by atoms with E-state index in [4.69, 9.17) is 23.7 Å². The maximum absolute atomic E-state index is 12.7. The lowest BCUT2D eigenvalue weighted by Crippen LogP contribution is -2.62. The van der Waals surface area contributed by atoms with Crippen LogP contribution in [0.1, 0.15) is 24.2 Å². The van der Waals surface area contributed by atoms with Crippen LogP contribution in [0.15, 0.2) is 42.5 Å². The van der Waals surface area contributed by atoms with Gasteiger partial charge in [-0.1, -0.05) is 12.1 Å². The van der Waals surface area contributed by atoms with Crippen LogP contribution in [-0.2, 0) is 28.5 Å². The number of phenols is 4. The first-order valence-corrected chi connectivity index (χ1v) is 13.8. The van der Waals surface area contributed by atoms with Crippen molar-refractivity contribution in [3.05, 3.63) is 53.6 Å². The average Bonchev–Trinajstić information content (AvgIpc) is 3.01. The van der Waals surface area contributed by atoms with Gasteiger partial charge in [-0.3, -0.25) is 0 Å². The SMILES string of the molecule is C[C@@H]1O[C@@H](OC[C@H]2O[C@@H](OC[C@@H](O)c3ccc(O)c(O)c3)[C@H](O)[C@@H](O)[C@@H]2OC(=O)/C=C/c2ccc(O)c(O)c2)[C@H](O)[C@H](O)[C@H]1O. The molecule has 2 aliphatic heterocycles. The molecule has 0 radical (unpaired) electrons. The number of carbonyl (C=O) groups excluding carboxylic acids is 1. The zero-order valence-corrected chi connectivity index (χ0v) is 23.8. The van der Waals surface area contributed by atoms with Crippen LogP contribution in [-0.4, -0.2) is 132 Å². The number of rotatable bonds is 10. The molecule has 2 aromatic carbocycles. The lowest BCUT2D eigenvalue weighted by Gasteiger charge is -2.43. The largest absolute Gasteiger partial charge is 0.504 e. The van der Waals surface area contributed by atoms with Gasteiger partial charge in [0.2, 0.25) is 0 Å². The van der Waals surface area contributed by atoms with Crippen LogP contribution in [0.4, 0.5) is 0 Å². The predicted octanol–water partition coefficient (Wildman–Crippen LogP) is -1.53. The Hall–Kier alpha value is -3.55. The first-order chi connectivity index (χ1) is 21.3. The van der Waals surface area contributed by atoms with Gasteiger partial charge in [0.1, 0.15) is 42.7 Å². The third-order valence-electron chi connectivity index (χ3n) is 7.34. The topological polar surface area (TPSA) is 266 Å². The summed E-state index contributed by atoms with van der Waals surface area (Å²) in [6.07, 6.45) is -14.6. The molecule has 2 heterocycles. The molecule has 4 rings (SSSR count). The lowest BCUT2D eigenvalue weighted by atomic mass is 9.98. The molecule has 10 N–H and O–H groups in total. The van der Waals surface area contributed by atoms with E-state index >= 15 is 0 Å². The number of esters is 1. The summed E-state index contributed by atoms with van der Waals surface area (Å²) in [7, 11) is 0. The monoisotopic (exact) mass is 640 g/mol. The average molecular weight is 641 g/mol. The molecular formula is C29H36O16. The quantitative estimate of drug-likeness (QED) is 0.0802. The van der Waals surface area contributed by atoms with Crippen molar-refractivity contribution in [2.75, 3.05) is 13.2 Å². The maximum Gasteiger partial charge on any atom is 0.331 e. The highest BCUT2D eigenvalue weighted by molar-refractivity contribution is 5.87.